The fraction of sp³-hybridized carbons (Fsp3) is 0.611. The van der Waals surface area contributed by atoms with Crippen molar-refractivity contribution >= 4 is 5.97 Å². The predicted octanol–water partition coefficient (Wildman–Crippen LogP) is 3.54. The van der Waals surface area contributed by atoms with E-state index in [-0.39, 0.29) is 12.1 Å². The molecule has 0 amide bonds. The molecule has 124 valence electrons. The van der Waals surface area contributed by atoms with Crippen LogP contribution in [0.1, 0.15) is 47.1 Å². The zero-order valence-electron chi connectivity index (χ0n) is 14.8. The minimum Gasteiger partial charge on any atom is -0.491 e. The van der Waals surface area contributed by atoms with Gasteiger partial charge in [0.25, 0.3) is 0 Å². The molecule has 1 N–H and O–H groups in total. The van der Waals surface area contributed by atoms with Crippen LogP contribution in [0.2, 0.25) is 0 Å². The zero-order valence-corrected chi connectivity index (χ0v) is 14.8. The topological polar surface area (TPSA) is 47.6 Å². The lowest BCUT2D eigenvalue weighted by Crippen LogP contribution is -2.55. The standard InChI is InChI=1S/C18H29NO3/c1-13(2)22-15-11-9-8-10-14(15)12-19-18(5,6)17(3,4)16(20)21-7/h8-11,13,19H,12H2,1-7H3. The molecule has 0 bridgehead atoms. The van der Waals surface area contributed by atoms with Gasteiger partial charge in [-0.05, 0) is 47.6 Å². The number of para-hydroxylation sites is 1. The second kappa shape index (κ2) is 7.14. The maximum atomic E-state index is 12.0. The van der Waals surface area contributed by atoms with E-state index < -0.39 is 11.0 Å². The van der Waals surface area contributed by atoms with Crippen molar-refractivity contribution in [1.29, 1.82) is 0 Å². The number of hydrogen-bond acceptors (Lipinski definition) is 4. The van der Waals surface area contributed by atoms with E-state index >= 15 is 0 Å². The number of rotatable bonds is 7. The first-order valence-corrected chi connectivity index (χ1v) is 7.70. The predicted molar refractivity (Wildman–Crippen MR) is 88.9 cm³/mol. The highest BCUT2D eigenvalue weighted by Gasteiger charge is 2.43. The fourth-order valence-electron chi connectivity index (χ4n) is 2.07. The molecule has 0 spiro atoms. The molecule has 0 saturated heterocycles. The van der Waals surface area contributed by atoms with Crippen molar-refractivity contribution < 1.29 is 14.3 Å². The molecule has 0 aliphatic heterocycles. The van der Waals surface area contributed by atoms with Crippen molar-refractivity contribution in [3.05, 3.63) is 29.8 Å². The lowest BCUT2D eigenvalue weighted by molar-refractivity contribution is -0.155. The maximum absolute atomic E-state index is 12.0. The van der Waals surface area contributed by atoms with E-state index in [0.717, 1.165) is 11.3 Å². The van der Waals surface area contributed by atoms with Crippen LogP contribution in [-0.4, -0.2) is 24.7 Å². The van der Waals surface area contributed by atoms with Gasteiger partial charge in [0, 0.05) is 17.6 Å². The SMILES string of the molecule is COC(=O)C(C)(C)C(C)(C)NCc1ccccc1OC(C)C. The Kier molecular flexibility index (Phi) is 6.00. The van der Waals surface area contributed by atoms with Crippen LogP contribution >= 0.6 is 0 Å². The van der Waals surface area contributed by atoms with Crippen molar-refractivity contribution in [2.75, 3.05) is 7.11 Å². The molecule has 0 aliphatic rings. The number of hydrogen-bond donors (Lipinski definition) is 1. The number of methoxy groups -OCH3 is 1. The first kappa shape index (κ1) is 18.5. The lowest BCUT2D eigenvalue weighted by atomic mass is 9.74. The summed E-state index contributed by atoms with van der Waals surface area (Å²) in [7, 11) is 1.42. The van der Waals surface area contributed by atoms with Crippen LogP contribution in [0.3, 0.4) is 0 Å². The molecular formula is C18H29NO3. The molecule has 0 aliphatic carbocycles. The van der Waals surface area contributed by atoms with Crippen LogP contribution in [0.4, 0.5) is 0 Å². The van der Waals surface area contributed by atoms with E-state index in [4.69, 9.17) is 9.47 Å². The van der Waals surface area contributed by atoms with Gasteiger partial charge >= 0.3 is 5.97 Å². The normalized spacial score (nSPS) is 12.4. The number of carbonyl (C=O) groups is 1. The molecule has 22 heavy (non-hydrogen) atoms. The van der Waals surface area contributed by atoms with E-state index in [9.17, 15) is 4.79 Å². The maximum Gasteiger partial charge on any atom is 0.313 e. The Bertz CT molecular complexity index is 507. The molecule has 4 nitrogen and oxygen atoms in total. The molecule has 0 radical (unpaired) electrons. The molecule has 0 heterocycles. The van der Waals surface area contributed by atoms with Crippen LogP contribution < -0.4 is 10.1 Å². The Morgan fingerprint density at radius 2 is 1.77 bits per heavy atom. The van der Waals surface area contributed by atoms with Crippen LogP contribution in [0.25, 0.3) is 0 Å². The molecule has 0 atom stereocenters. The highest BCUT2D eigenvalue weighted by atomic mass is 16.5. The van der Waals surface area contributed by atoms with Crippen LogP contribution in [0.15, 0.2) is 24.3 Å². The van der Waals surface area contributed by atoms with Crippen molar-refractivity contribution in [1.82, 2.24) is 5.32 Å². The molecule has 0 fully saturated rings. The third kappa shape index (κ3) is 4.23. The number of ether oxygens (including phenoxy) is 2. The van der Waals surface area contributed by atoms with Gasteiger partial charge in [-0.2, -0.15) is 0 Å². The van der Waals surface area contributed by atoms with E-state index in [2.05, 4.69) is 5.32 Å². The highest BCUT2D eigenvalue weighted by Crippen LogP contribution is 2.32. The summed E-state index contributed by atoms with van der Waals surface area (Å²) >= 11 is 0. The van der Waals surface area contributed by atoms with Crippen molar-refractivity contribution in [3.8, 4) is 5.75 Å². The van der Waals surface area contributed by atoms with Crippen molar-refractivity contribution in [3.63, 3.8) is 0 Å². The zero-order chi connectivity index (χ0) is 17.0. The smallest absolute Gasteiger partial charge is 0.313 e. The first-order chi connectivity index (χ1) is 10.1. The van der Waals surface area contributed by atoms with Gasteiger partial charge < -0.3 is 14.8 Å². The van der Waals surface area contributed by atoms with E-state index in [0.29, 0.717) is 6.54 Å². The minimum atomic E-state index is -0.643. The highest BCUT2D eigenvalue weighted by molar-refractivity contribution is 5.77. The molecule has 1 aromatic carbocycles. The summed E-state index contributed by atoms with van der Waals surface area (Å²) < 4.78 is 10.8. The van der Waals surface area contributed by atoms with Crippen LogP contribution in [0, 0.1) is 5.41 Å². The largest absolute Gasteiger partial charge is 0.491 e. The minimum absolute atomic E-state index is 0.126. The number of nitrogens with one attached hydrogen (secondary N) is 1. The summed E-state index contributed by atoms with van der Waals surface area (Å²) in [5.41, 5.74) is 0.00520. The third-order valence-corrected chi connectivity index (χ3v) is 4.31. The van der Waals surface area contributed by atoms with E-state index in [1.807, 2.05) is 65.8 Å². The van der Waals surface area contributed by atoms with Crippen molar-refractivity contribution in [2.45, 2.75) is 59.7 Å². The quantitative estimate of drug-likeness (QED) is 0.783. The van der Waals surface area contributed by atoms with E-state index in [1.165, 1.54) is 7.11 Å². The Hall–Kier alpha value is -1.55. The summed E-state index contributed by atoms with van der Waals surface area (Å²) in [6.07, 6.45) is 0.126. The van der Waals surface area contributed by atoms with Gasteiger partial charge in [-0.15, -0.1) is 0 Å². The van der Waals surface area contributed by atoms with Gasteiger partial charge in [-0.25, -0.2) is 0 Å². The molecule has 0 aromatic heterocycles. The summed E-state index contributed by atoms with van der Waals surface area (Å²) in [5.74, 6) is 0.647. The summed E-state index contributed by atoms with van der Waals surface area (Å²) in [6.45, 7) is 12.4. The fourth-order valence-corrected chi connectivity index (χ4v) is 2.07. The molecule has 0 saturated carbocycles. The van der Waals surface area contributed by atoms with Gasteiger partial charge in [-0.1, -0.05) is 18.2 Å². The summed E-state index contributed by atoms with van der Waals surface area (Å²) in [5, 5.41) is 3.46. The Morgan fingerprint density at radius 3 is 2.32 bits per heavy atom. The second-order valence-corrected chi connectivity index (χ2v) is 6.87. The average molecular weight is 307 g/mol. The van der Waals surface area contributed by atoms with Gasteiger partial charge in [-0.3, -0.25) is 4.79 Å². The Morgan fingerprint density at radius 1 is 1.18 bits per heavy atom. The van der Waals surface area contributed by atoms with Gasteiger partial charge in [0.15, 0.2) is 0 Å². The molecular weight excluding hydrogens is 278 g/mol. The number of carbonyl (C=O) groups excluding carboxylic acids is 1. The average Bonchev–Trinajstić information content (AvgIpc) is 2.44. The van der Waals surface area contributed by atoms with Crippen molar-refractivity contribution in [2.24, 2.45) is 5.41 Å². The summed E-state index contributed by atoms with van der Waals surface area (Å²) in [6, 6.07) is 7.95. The molecule has 4 heteroatoms. The summed E-state index contributed by atoms with van der Waals surface area (Å²) in [4.78, 5) is 12.0. The monoisotopic (exact) mass is 307 g/mol. The third-order valence-electron chi connectivity index (χ3n) is 4.31. The van der Waals surface area contributed by atoms with Crippen LogP contribution in [0.5, 0.6) is 5.75 Å². The Balaban J connectivity index is 2.87. The van der Waals surface area contributed by atoms with Gasteiger partial charge in [0.05, 0.1) is 18.6 Å². The molecule has 1 aromatic rings. The van der Waals surface area contributed by atoms with Crippen LogP contribution in [-0.2, 0) is 16.1 Å². The number of benzene rings is 1. The Labute approximate surface area is 134 Å². The molecule has 1 rings (SSSR count). The van der Waals surface area contributed by atoms with Gasteiger partial charge in [0.2, 0.25) is 0 Å². The molecule has 0 unspecified atom stereocenters. The lowest BCUT2D eigenvalue weighted by Gasteiger charge is -2.40. The van der Waals surface area contributed by atoms with Gasteiger partial charge in [0.1, 0.15) is 5.75 Å². The number of esters is 1. The first-order valence-electron chi connectivity index (χ1n) is 7.70. The second-order valence-electron chi connectivity index (χ2n) is 6.87. The van der Waals surface area contributed by atoms with E-state index in [1.54, 1.807) is 0 Å².